The molecule has 13 heteroatoms. The highest BCUT2D eigenvalue weighted by Gasteiger charge is 2.37. The number of hydrogen-bond acceptors (Lipinski definition) is 7. The molecule has 30 heavy (non-hydrogen) atoms. The van der Waals surface area contributed by atoms with Crippen molar-refractivity contribution in [3.8, 4) is 0 Å². The first-order valence-electron chi connectivity index (χ1n) is 9.64. The van der Waals surface area contributed by atoms with Crippen molar-refractivity contribution < 1.29 is 29.4 Å². The molecule has 13 nitrogen and oxygen atoms in total. The number of carbonyl (C=O) groups is 4. The Kier molecular flexibility index (Phi) is 9.98. The third-order valence-electron chi connectivity index (χ3n) is 4.67. The molecule has 1 rings (SSSR count). The number of carbonyl (C=O) groups excluding carboxylic acids is 3. The maximum atomic E-state index is 12.6. The first-order valence-corrected chi connectivity index (χ1v) is 9.64. The summed E-state index contributed by atoms with van der Waals surface area (Å²) in [5.41, 5.74) is 16.4. The van der Waals surface area contributed by atoms with Gasteiger partial charge in [-0.2, -0.15) is 0 Å². The lowest BCUT2D eigenvalue weighted by Crippen LogP contribution is -2.57. The van der Waals surface area contributed by atoms with Crippen LogP contribution in [-0.4, -0.2) is 88.6 Å². The second-order valence-electron chi connectivity index (χ2n) is 7.06. The van der Waals surface area contributed by atoms with Gasteiger partial charge in [0, 0.05) is 13.1 Å². The summed E-state index contributed by atoms with van der Waals surface area (Å²) in [6, 6.07) is -4.20. The molecule has 10 N–H and O–H groups in total. The van der Waals surface area contributed by atoms with Crippen molar-refractivity contribution in [1.29, 1.82) is 0 Å². The molecule has 0 bridgehead atoms. The number of aliphatic hydroxyl groups is 1. The average Bonchev–Trinajstić information content (AvgIpc) is 3.17. The fourth-order valence-electron chi connectivity index (χ4n) is 3.00. The van der Waals surface area contributed by atoms with Crippen LogP contribution in [-0.2, 0) is 19.2 Å². The van der Waals surface area contributed by atoms with E-state index in [4.69, 9.17) is 22.3 Å². The number of carboxylic acids is 1. The van der Waals surface area contributed by atoms with Gasteiger partial charge in [0.25, 0.3) is 0 Å². The molecule has 0 aromatic carbocycles. The molecule has 0 saturated carbocycles. The maximum Gasteiger partial charge on any atom is 0.325 e. The molecule has 1 saturated heterocycles. The molecule has 170 valence electrons. The van der Waals surface area contributed by atoms with Crippen LogP contribution in [0, 0.1) is 0 Å². The summed E-state index contributed by atoms with van der Waals surface area (Å²) in [4.78, 5) is 53.3. The molecule has 4 unspecified atom stereocenters. The van der Waals surface area contributed by atoms with Gasteiger partial charge in [0.1, 0.15) is 18.1 Å². The molecule has 0 aromatic rings. The van der Waals surface area contributed by atoms with Crippen LogP contribution in [0.25, 0.3) is 0 Å². The summed E-state index contributed by atoms with van der Waals surface area (Å²) in [6.07, 6.45) is 1.78. The number of hydrogen-bond donors (Lipinski definition) is 7. The van der Waals surface area contributed by atoms with Crippen molar-refractivity contribution in [2.24, 2.45) is 22.2 Å². The summed E-state index contributed by atoms with van der Waals surface area (Å²) >= 11 is 0. The third-order valence-corrected chi connectivity index (χ3v) is 4.67. The molecule has 0 aliphatic carbocycles. The number of guanidine groups is 1. The van der Waals surface area contributed by atoms with Crippen LogP contribution < -0.4 is 27.8 Å². The normalized spacial score (nSPS) is 18.8. The van der Waals surface area contributed by atoms with E-state index >= 15 is 0 Å². The number of amides is 3. The van der Waals surface area contributed by atoms with Crippen LogP contribution in [0.4, 0.5) is 0 Å². The van der Waals surface area contributed by atoms with Crippen LogP contribution in [0.1, 0.15) is 32.6 Å². The number of carboxylic acid groups (broad SMARTS) is 1. The summed E-state index contributed by atoms with van der Waals surface area (Å²) in [7, 11) is 0. The first kappa shape index (κ1) is 25.1. The number of nitrogens with two attached hydrogens (primary N) is 3. The van der Waals surface area contributed by atoms with Crippen LogP contribution in [0.5, 0.6) is 0 Å². The van der Waals surface area contributed by atoms with Crippen molar-refractivity contribution in [1.82, 2.24) is 15.5 Å². The number of aliphatic carboxylic acids is 1. The maximum absolute atomic E-state index is 12.6. The van der Waals surface area contributed by atoms with E-state index in [1.54, 1.807) is 0 Å². The lowest BCUT2D eigenvalue weighted by Gasteiger charge is -2.28. The Morgan fingerprint density at radius 3 is 2.47 bits per heavy atom. The minimum Gasteiger partial charge on any atom is -0.480 e. The number of aliphatic hydroxyl groups excluding tert-OH is 1. The SMILES string of the molecule is CC(NC(=O)C(CO)NC(=O)C1CCCN1C(=O)C(N)CCCN=C(N)N)C(=O)O. The Labute approximate surface area is 174 Å². The van der Waals surface area contributed by atoms with E-state index in [1.165, 1.54) is 11.8 Å². The van der Waals surface area contributed by atoms with Gasteiger partial charge in [0.05, 0.1) is 12.6 Å². The molecule has 1 fully saturated rings. The van der Waals surface area contributed by atoms with Crippen LogP contribution >= 0.6 is 0 Å². The van der Waals surface area contributed by atoms with Crippen LogP contribution in [0.2, 0.25) is 0 Å². The molecular formula is C17H31N7O6. The van der Waals surface area contributed by atoms with Crippen LogP contribution in [0.3, 0.4) is 0 Å². The minimum absolute atomic E-state index is 0.0496. The molecular weight excluding hydrogens is 398 g/mol. The molecule has 1 aliphatic rings. The van der Waals surface area contributed by atoms with Gasteiger partial charge in [0.2, 0.25) is 17.7 Å². The third kappa shape index (κ3) is 7.48. The fraction of sp³-hybridized carbons (Fsp3) is 0.706. The Balaban J connectivity index is 2.67. The lowest BCUT2D eigenvalue weighted by molar-refractivity contribution is -0.143. The van der Waals surface area contributed by atoms with Crippen molar-refractivity contribution in [3.05, 3.63) is 0 Å². The highest BCUT2D eigenvalue weighted by atomic mass is 16.4. The summed E-state index contributed by atoms with van der Waals surface area (Å²) < 4.78 is 0. The molecule has 4 atom stereocenters. The van der Waals surface area contributed by atoms with E-state index in [9.17, 15) is 24.3 Å². The average molecular weight is 429 g/mol. The lowest BCUT2D eigenvalue weighted by atomic mass is 10.1. The predicted octanol–water partition coefficient (Wildman–Crippen LogP) is -3.58. The Bertz CT molecular complexity index is 667. The van der Waals surface area contributed by atoms with Gasteiger partial charge in [-0.1, -0.05) is 0 Å². The second-order valence-corrected chi connectivity index (χ2v) is 7.06. The molecule has 0 radical (unpaired) electrons. The molecule has 1 aliphatic heterocycles. The standard InChI is InChI=1S/C17H31N7O6/c1-9(16(29)30)22-13(26)11(8-25)23-14(27)12-5-3-7-24(12)15(28)10(18)4-2-6-21-17(19)20/h9-12,25H,2-8,18H2,1H3,(H,22,26)(H,23,27)(H,29,30)(H4,19,20,21). The Morgan fingerprint density at radius 2 is 1.90 bits per heavy atom. The monoisotopic (exact) mass is 429 g/mol. The van der Waals surface area contributed by atoms with Gasteiger partial charge in [-0.15, -0.1) is 0 Å². The number of aliphatic imine (C=N–C) groups is 1. The van der Waals surface area contributed by atoms with Gasteiger partial charge in [-0.05, 0) is 32.6 Å². The fourth-order valence-corrected chi connectivity index (χ4v) is 3.00. The van der Waals surface area contributed by atoms with Crippen molar-refractivity contribution in [2.45, 2.75) is 56.8 Å². The Morgan fingerprint density at radius 1 is 1.23 bits per heavy atom. The summed E-state index contributed by atoms with van der Waals surface area (Å²) in [5.74, 6) is -3.17. The zero-order valence-corrected chi connectivity index (χ0v) is 16.9. The van der Waals surface area contributed by atoms with Gasteiger partial charge in [-0.25, -0.2) is 0 Å². The molecule has 0 aromatic heterocycles. The Hall–Kier alpha value is -2.93. The van der Waals surface area contributed by atoms with Crippen molar-refractivity contribution in [3.63, 3.8) is 0 Å². The number of nitrogens with one attached hydrogen (secondary N) is 2. The van der Waals surface area contributed by atoms with E-state index in [1.807, 2.05) is 0 Å². The van der Waals surface area contributed by atoms with E-state index in [2.05, 4.69) is 15.6 Å². The first-order chi connectivity index (χ1) is 14.1. The van der Waals surface area contributed by atoms with Gasteiger partial charge in [0.15, 0.2) is 5.96 Å². The largest absolute Gasteiger partial charge is 0.480 e. The van der Waals surface area contributed by atoms with Gasteiger partial charge in [-0.3, -0.25) is 24.2 Å². The van der Waals surface area contributed by atoms with Crippen molar-refractivity contribution >= 4 is 29.7 Å². The summed E-state index contributed by atoms with van der Waals surface area (Å²) in [6.45, 7) is 1.19. The molecule has 0 spiro atoms. The van der Waals surface area contributed by atoms with E-state index in [0.29, 0.717) is 38.8 Å². The zero-order valence-electron chi connectivity index (χ0n) is 16.9. The zero-order chi connectivity index (χ0) is 22.8. The molecule has 3 amide bonds. The second kappa shape index (κ2) is 11.9. The highest BCUT2D eigenvalue weighted by Crippen LogP contribution is 2.19. The van der Waals surface area contributed by atoms with E-state index < -0.39 is 54.5 Å². The number of nitrogens with zero attached hydrogens (tertiary/aromatic N) is 2. The van der Waals surface area contributed by atoms with Gasteiger partial charge >= 0.3 is 5.97 Å². The smallest absolute Gasteiger partial charge is 0.325 e. The summed E-state index contributed by atoms with van der Waals surface area (Å²) in [5, 5.41) is 22.8. The highest BCUT2D eigenvalue weighted by molar-refractivity contribution is 5.94. The predicted molar refractivity (Wildman–Crippen MR) is 107 cm³/mol. The molecule has 1 heterocycles. The number of likely N-dealkylation sites (tertiary alicyclic amines) is 1. The van der Waals surface area contributed by atoms with Gasteiger partial charge < -0.3 is 42.9 Å². The van der Waals surface area contributed by atoms with Crippen LogP contribution in [0.15, 0.2) is 4.99 Å². The minimum atomic E-state index is -1.34. The quantitative estimate of drug-likeness (QED) is 0.0977. The van der Waals surface area contributed by atoms with E-state index in [-0.39, 0.29) is 5.96 Å². The van der Waals surface area contributed by atoms with Crippen molar-refractivity contribution in [2.75, 3.05) is 19.7 Å². The van der Waals surface area contributed by atoms with E-state index in [0.717, 1.165) is 0 Å². The number of rotatable bonds is 11. The topological polar surface area (TPSA) is 226 Å².